The van der Waals surface area contributed by atoms with Gasteiger partial charge < -0.3 is 33.7 Å². The second kappa shape index (κ2) is 18.2. The van der Waals surface area contributed by atoms with Gasteiger partial charge in [-0.2, -0.15) is 0 Å². The van der Waals surface area contributed by atoms with E-state index in [-0.39, 0.29) is 30.3 Å². The van der Waals surface area contributed by atoms with E-state index in [4.69, 9.17) is 23.7 Å². The zero-order valence-electron chi connectivity index (χ0n) is 36.5. The molecule has 3 aliphatic heterocycles. The third-order valence-electron chi connectivity index (χ3n) is 13.8. The minimum atomic E-state index is -1.43. The van der Waals surface area contributed by atoms with Crippen molar-refractivity contribution in [2.75, 3.05) is 27.7 Å². The number of rotatable bonds is 10. The number of benzene rings is 1. The Balaban J connectivity index is 1.33. The number of likely N-dealkylation sites (N-methyl/N-ethyl adjacent to an activating group) is 1. The number of ether oxygens (including phenoxy) is 5. The van der Waals surface area contributed by atoms with Crippen molar-refractivity contribution in [1.82, 2.24) is 20.3 Å². The predicted molar refractivity (Wildman–Crippen MR) is 220 cm³/mol. The number of aliphatic hydroxyl groups excluding tert-OH is 1. The Morgan fingerprint density at radius 3 is 2.37 bits per heavy atom. The lowest BCUT2D eigenvalue weighted by atomic mass is 9.69. The van der Waals surface area contributed by atoms with Crippen molar-refractivity contribution in [1.29, 1.82) is 0 Å². The van der Waals surface area contributed by atoms with E-state index in [1.54, 1.807) is 33.9 Å². The van der Waals surface area contributed by atoms with Gasteiger partial charge in [-0.25, -0.2) is 15.2 Å². The number of ketones is 2. The topological polar surface area (TPSA) is 166 Å². The zero-order chi connectivity index (χ0) is 43.0. The predicted octanol–water partition coefficient (Wildman–Crippen LogP) is 5.27. The van der Waals surface area contributed by atoms with Crippen molar-refractivity contribution in [2.24, 2.45) is 29.6 Å². The molecule has 0 radical (unpaired) electrons. The Labute approximate surface area is 348 Å². The summed E-state index contributed by atoms with van der Waals surface area (Å²) >= 11 is 0. The minimum absolute atomic E-state index is 0.126. The van der Waals surface area contributed by atoms with Crippen molar-refractivity contribution < 1.29 is 48.0 Å². The number of carbonyl (C=O) groups excluding carboxylic acids is 4. The van der Waals surface area contributed by atoms with Gasteiger partial charge in [0.15, 0.2) is 17.7 Å². The Bertz CT molecular complexity index is 1840. The molecular formula is C45H66N4O10. The van der Waals surface area contributed by atoms with Gasteiger partial charge in [0.25, 0.3) is 0 Å². The monoisotopic (exact) mass is 822 g/mol. The zero-order valence-corrected chi connectivity index (χ0v) is 36.5. The highest BCUT2D eigenvalue weighted by atomic mass is 16.7. The summed E-state index contributed by atoms with van der Waals surface area (Å²) in [5.74, 6) is -5.10. The second-order valence-corrected chi connectivity index (χ2v) is 18.3. The van der Waals surface area contributed by atoms with E-state index < -0.39 is 83.4 Å². The number of pyridine rings is 1. The lowest BCUT2D eigenvalue weighted by Crippen LogP contribution is -2.63. The number of aliphatic hydroxyl groups is 1. The number of hydrogen-bond acceptors (Lipinski definition) is 13. The van der Waals surface area contributed by atoms with Gasteiger partial charge in [0.1, 0.15) is 30.0 Å². The number of aromatic nitrogens is 1. The van der Waals surface area contributed by atoms with E-state index in [1.807, 2.05) is 63.2 Å². The number of hydrogen-bond donors (Lipinski definition) is 2. The molecule has 326 valence electrons. The molecule has 59 heavy (non-hydrogen) atoms. The Morgan fingerprint density at radius 2 is 1.71 bits per heavy atom. The molecule has 6 rings (SSSR count). The number of nitrogens with zero attached hydrogens (tertiary/aromatic N) is 3. The Kier molecular flexibility index (Phi) is 13.9. The average molecular weight is 823 g/mol. The Morgan fingerprint density at radius 1 is 1.00 bits per heavy atom. The number of esters is 1. The molecule has 1 aliphatic carbocycles. The molecule has 0 bridgehead atoms. The van der Waals surface area contributed by atoms with Gasteiger partial charge in [0, 0.05) is 55.0 Å². The van der Waals surface area contributed by atoms with Crippen LogP contribution >= 0.6 is 0 Å². The maximum atomic E-state index is 14.9. The second-order valence-electron chi connectivity index (χ2n) is 18.3. The summed E-state index contributed by atoms with van der Waals surface area (Å²) < 4.78 is 31.7. The van der Waals surface area contributed by atoms with Crippen molar-refractivity contribution in [3.8, 4) is 0 Å². The summed E-state index contributed by atoms with van der Waals surface area (Å²) in [4.78, 5) is 64.0. The summed E-state index contributed by atoms with van der Waals surface area (Å²) in [6.07, 6.45) is 1.21. The van der Waals surface area contributed by atoms with Crippen LogP contribution in [0.15, 0.2) is 36.5 Å². The number of hydrazine groups is 1. The van der Waals surface area contributed by atoms with Gasteiger partial charge >= 0.3 is 12.1 Å². The molecule has 0 spiro atoms. The van der Waals surface area contributed by atoms with Gasteiger partial charge in [0.2, 0.25) is 0 Å². The number of cyclic esters (lactones) is 1. The molecule has 13 atom stereocenters. The number of aryl methyl sites for hydroxylation is 1. The molecule has 1 saturated carbocycles. The van der Waals surface area contributed by atoms with E-state index in [0.717, 1.165) is 42.1 Å². The molecular weight excluding hydrogens is 757 g/mol. The van der Waals surface area contributed by atoms with Gasteiger partial charge in [-0.05, 0) is 98.0 Å². The molecule has 1 amide bonds. The quantitative estimate of drug-likeness (QED) is 0.181. The maximum absolute atomic E-state index is 14.9. The van der Waals surface area contributed by atoms with Gasteiger partial charge in [-0.3, -0.25) is 19.4 Å². The normalized spacial score (nSPS) is 37.8. The summed E-state index contributed by atoms with van der Waals surface area (Å²) in [5.41, 5.74) is 2.66. The first-order valence-corrected chi connectivity index (χ1v) is 21.5. The summed E-state index contributed by atoms with van der Waals surface area (Å²) in [6.45, 7) is 12.7. The largest absolute Gasteiger partial charge is 0.457 e. The fourth-order valence-corrected chi connectivity index (χ4v) is 10.2. The smallest absolute Gasteiger partial charge is 0.425 e. The average Bonchev–Trinajstić information content (AvgIpc) is 3.45. The highest BCUT2D eigenvalue weighted by Gasteiger charge is 2.63. The first-order chi connectivity index (χ1) is 27.9. The van der Waals surface area contributed by atoms with Crippen LogP contribution < -0.4 is 5.43 Å². The molecule has 2 aromatic rings. The van der Waals surface area contributed by atoms with E-state index in [1.165, 1.54) is 19.0 Å². The van der Waals surface area contributed by atoms with Crippen molar-refractivity contribution >= 4 is 34.5 Å². The van der Waals surface area contributed by atoms with Gasteiger partial charge in [-0.15, -0.1) is 0 Å². The molecule has 1 aromatic heterocycles. The third kappa shape index (κ3) is 8.95. The highest BCUT2D eigenvalue weighted by molar-refractivity contribution is 6.00. The van der Waals surface area contributed by atoms with Crippen molar-refractivity contribution in [3.05, 3.63) is 42.1 Å². The van der Waals surface area contributed by atoms with Crippen LogP contribution in [0.3, 0.4) is 0 Å². The van der Waals surface area contributed by atoms with Crippen molar-refractivity contribution in [2.45, 2.75) is 147 Å². The summed E-state index contributed by atoms with van der Waals surface area (Å²) in [6, 6.07) is 8.83. The SMILES string of the molecule is CO[C@]1(C)C[C@@H](C)C(=O)[C@H](C)[C@@H]2N(NCCCc3ccnc4ccccc34)C(=O)O[C@]2(C)[C@@H](C2CCC2)OC(=O)[C@H](C)C(=O)[C@H](C)[C@H]1O[C@@H]1O[C@H](C)C[C@H](N(C)C)[C@H]1O. The fraction of sp³-hybridized carbons (Fsp3) is 0.711. The first-order valence-electron chi connectivity index (χ1n) is 21.5. The van der Waals surface area contributed by atoms with Crippen LogP contribution in [0.25, 0.3) is 10.9 Å². The van der Waals surface area contributed by atoms with Crippen LogP contribution in [0, 0.1) is 29.6 Å². The van der Waals surface area contributed by atoms with Crippen LogP contribution in [0.4, 0.5) is 4.79 Å². The van der Waals surface area contributed by atoms with Gasteiger partial charge in [0.05, 0.1) is 23.3 Å². The molecule has 4 heterocycles. The lowest BCUT2D eigenvalue weighted by Gasteiger charge is -2.47. The minimum Gasteiger partial charge on any atom is -0.457 e. The molecule has 0 unspecified atom stereocenters. The number of methoxy groups -OCH3 is 1. The molecule has 4 aliphatic rings. The number of para-hydroxylation sites is 1. The van der Waals surface area contributed by atoms with Crippen molar-refractivity contribution in [3.63, 3.8) is 0 Å². The van der Waals surface area contributed by atoms with E-state index in [0.29, 0.717) is 19.4 Å². The van der Waals surface area contributed by atoms with Crippen LogP contribution in [-0.4, -0.2) is 125 Å². The summed E-state index contributed by atoms with van der Waals surface area (Å²) in [7, 11) is 5.26. The first kappa shape index (κ1) is 45.0. The molecule has 3 saturated heterocycles. The molecule has 14 heteroatoms. The molecule has 4 fully saturated rings. The highest BCUT2D eigenvalue weighted by Crippen LogP contribution is 2.47. The number of carbonyl (C=O) groups is 4. The maximum Gasteiger partial charge on any atom is 0.425 e. The standard InChI is InChI=1S/C45H66N4O10/c1-25-24-44(6,55-10)39(58-42-37(52)34(48(8)9)23-26(2)56-42)28(4)36(51)29(5)41(53)57-40(31-15-13-16-31)45(7)38(27(3)35(25)50)49(43(54)59-45)47-21-14-17-30-20-22-46-33-19-12-11-18-32(30)33/h11-12,18-20,22,25-29,31,34,37-40,42,47,52H,13-17,21,23-24H2,1-10H3/t25-,26-,27+,28+,29-,34+,37-,38+,39-,40-,42+,44-,45+/m1/s1. The number of fused-ring (bicyclic) bond motifs is 2. The molecule has 2 N–H and O–H groups in total. The van der Waals surface area contributed by atoms with Crippen LogP contribution in [0.1, 0.15) is 92.6 Å². The molecule has 1 aromatic carbocycles. The molecule has 14 nitrogen and oxygen atoms in total. The lowest BCUT2D eigenvalue weighted by molar-refractivity contribution is -0.295. The number of nitrogens with one attached hydrogen (secondary N) is 1. The van der Waals surface area contributed by atoms with Crippen LogP contribution in [0.2, 0.25) is 0 Å². The third-order valence-corrected chi connectivity index (χ3v) is 13.8. The van der Waals surface area contributed by atoms with Crippen LogP contribution in [-0.2, 0) is 44.5 Å². The number of Topliss-reactive ketones (excluding diaryl/α,β-unsaturated/α-hetero) is 2. The van der Waals surface area contributed by atoms with E-state index in [9.17, 15) is 24.3 Å². The van der Waals surface area contributed by atoms with E-state index >= 15 is 0 Å². The van der Waals surface area contributed by atoms with Gasteiger partial charge in [-0.1, -0.05) is 45.4 Å². The Hall–Kier alpha value is -3.53. The summed E-state index contributed by atoms with van der Waals surface area (Å²) in [5, 5.41) is 14.0. The van der Waals surface area contributed by atoms with E-state index in [2.05, 4.69) is 10.4 Å². The number of amides is 1. The van der Waals surface area contributed by atoms with Crippen LogP contribution in [0.5, 0.6) is 0 Å². The fourth-order valence-electron chi connectivity index (χ4n) is 10.2.